The number of aromatic carboxylic acids is 1. The maximum atomic E-state index is 10.2. The Morgan fingerprint density at radius 3 is 1.62 bits per heavy atom. The van der Waals surface area contributed by atoms with Gasteiger partial charge in [-0.1, -0.05) is 78.1 Å². The van der Waals surface area contributed by atoms with Gasteiger partial charge in [-0.25, -0.2) is 0 Å². The van der Waals surface area contributed by atoms with Gasteiger partial charge in [-0.3, -0.25) is 10.1 Å². The van der Waals surface area contributed by atoms with Crippen LogP contribution in [0.1, 0.15) is 101 Å². The summed E-state index contributed by atoms with van der Waals surface area (Å²) in [6.07, 6.45) is 17.3. The molecule has 0 aromatic heterocycles. The molecule has 0 saturated heterocycles. The number of nitro groups is 1. The second kappa shape index (κ2) is 18.1. The monoisotopic (exact) mass is 408 g/mol. The molecule has 0 aliphatic rings. The lowest BCUT2D eigenvalue weighted by Gasteiger charge is -2.04. The van der Waals surface area contributed by atoms with Crippen molar-refractivity contribution in [2.24, 2.45) is 5.92 Å². The van der Waals surface area contributed by atoms with Crippen molar-refractivity contribution in [1.29, 1.82) is 0 Å². The number of rotatable bonds is 15. The third-order valence-electron chi connectivity index (χ3n) is 4.85. The van der Waals surface area contributed by atoms with Crippen molar-refractivity contribution in [3.63, 3.8) is 0 Å². The average molecular weight is 409 g/mol. The molecule has 6 nitrogen and oxygen atoms in total. The molecule has 1 rings (SSSR count). The largest absolute Gasteiger partial charge is 0.545 e. The quantitative estimate of drug-likeness (QED) is 0.261. The van der Waals surface area contributed by atoms with E-state index in [1.807, 2.05) is 0 Å². The summed E-state index contributed by atoms with van der Waals surface area (Å²) < 4.78 is 0. The van der Waals surface area contributed by atoms with E-state index in [2.05, 4.69) is 19.6 Å². The molecule has 1 aromatic carbocycles. The SMILES string of the molecule is CC(C)CCCCCCCCCCCCC[NH3+].O=C([O-])c1ccc([N+](=O)[O-])cc1. The molecule has 0 bridgehead atoms. The summed E-state index contributed by atoms with van der Waals surface area (Å²) in [7, 11) is 0. The van der Waals surface area contributed by atoms with E-state index < -0.39 is 10.9 Å². The first-order chi connectivity index (χ1) is 13.9. The molecule has 0 fully saturated rings. The third-order valence-corrected chi connectivity index (χ3v) is 4.85. The fraction of sp³-hybridized carbons (Fsp3) is 0.696. The summed E-state index contributed by atoms with van der Waals surface area (Å²) in [6.45, 7) is 5.78. The van der Waals surface area contributed by atoms with Gasteiger partial charge in [0.05, 0.1) is 17.4 Å². The van der Waals surface area contributed by atoms with E-state index in [9.17, 15) is 20.0 Å². The molecule has 0 unspecified atom stereocenters. The second-order valence-electron chi connectivity index (χ2n) is 8.02. The van der Waals surface area contributed by atoms with Crippen LogP contribution in [0.2, 0.25) is 0 Å². The zero-order valence-corrected chi connectivity index (χ0v) is 18.4. The summed E-state index contributed by atoms with van der Waals surface area (Å²) in [5, 5.41) is 20.3. The van der Waals surface area contributed by atoms with Crippen molar-refractivity contribution in [1.82, 2.24) is 0 Å². The van der Waals surface area contributed by atoms with Gasteiger partial charge in [0, 0.05) is 12.1 Å². The van der Waals surface area contributed by atoms with Crippen LogP contribution in [-0.2, 0) is 0 Å². The van der Waals surface area contributed by atoms with Gasteiger partial charge in [-0.2, -0.15) is 0 Å². The van der Waals surface area contributed by atoms with Gasteiger partial charge in [0.25, 0.3) is 5.69 Å². The average Bonchev–Trinajstić information content (AvgIpc) is 2.69. The van der Waals surface area contributed by atoms with Crippen molar-refractivity contribution < 1.29 is 20.6 Å². The Morgan fingerprint density at radius 2 is 1.28 bits per heavy atom. The molecule has 166 valence electrons. The van der Waals surface area contributed by atoms with E-state index in [0.717, 1.165) is 36.7 Å². The molecule has 3 N–H and O–H groups in total. The van der Waals surface area contributed by atoms with Crippen molar-refractivity contribution in [3.05, 3.63) is 39.9 Å². The first-order valence-corrected chi connectivity index (χ1v) is 11.1. The van der Waals surface area contributed by atoms with Gasteiger partial charge in [-0.15, -0.1) is 0 Å². The standard InChI is InChI=1S/C16H35N.C7H5NO4/c1-16(2)14-12-10-8-6-4-3-5-7-9-11-13-15-17;9-7(10)5-1-3-6(4-2-5)8(11)12/h16H,3-15,17H2,1-2H3;1-4H,(H,9,10). The maximum Gasteiger partial charge on any atom is 0.269 e. The molecule has 1 aromatic rings. The number of hydrogen-bond donors (Lipinski definition) is 1. The Bertz CT molecular complexity index is 511. The topological polar surface area (TPSA) is 111 Å². The summed E-state index contributed by atoms with van der Waals surface area (Å²) in [4.78, 5) is 19.7. The molecule has 6 heteroatoms. The van der Waals surface area contributed by atoms with Crippen LogP contribution in [-0.4, -0.2) is 17.4 Å². The van der Waals surface area contributed by atoms with Gasteiger partial charge in [-0.05, 0) is 36.5 Å². The number of nitrogens with zero attached hydrogens (tertiary/aromatic N) is 1. The van der Waals surface area contributed by atoms with Crippen LogP contribution in [0.4, 0.5) is 5.69 Å². The zero-order chi connectivity index (χ0) is 21.9. The number of non-ortho nitro benzene ring substituents is 1. The smallest absolute Gasteiger partial charge is 0.269 e. The summed E-state index contributed by atoms with van der Waals surface area (Å²) in [5.74, 6) is -0.446. The molecular weight excluding hydrogens is 368 g/mol. The zero-order valence-electron chi connectivity index (χ0n) is 18.4. The molecule has 0 aliphatic carbocycles. The number of carbonyl (C=O) groups excluding carboxylic acids is 1. The lowest BCUT2D eigenvalue weighted by Crippen LogP contribution is -2.50. The van der Waals surface area contributed by atoms with Crippen LogP contribution in [0.15, 0.2) is 24.3 Å². The number of benzene rings is 1. The Balaban J connectivity index is 0.000000571. The van der Waals surface area contributed by atoms with Gasteiger partial charge in [0.15, 0.2) is 0 Å². The van der Waals surface area contributed by atoms with Gasteiger partial charge in [0.1, 0.15) is 0 Å². The van der Waals surface area contributed by atoms with Gasteiger partial charge < -0.3 is 15.6 Å². The number of quaternary nitrogens is 1. The van der Waals surface area contributed by atoms with E-state index >= 15 is 0 Å². The minimum absolute atomic E-state index is 0.0689. The van der Waals surface area contributed by atoms with Crippen molar-refractivity contribution in [2.45, 2.75) is 90.9 Å². The predicted molar refractivity (Wildman–Crippen MR) is 115 cm³/mol. The first-order valence-electron chi connectivity index (χ1n) is 11.1. The molecule has 0 aliphatic heterocycles. The highest BCUT2D eigenvalue weighted by molar-refractivity contribution is 5.85. The van der Waals surface area contributed by atoms with E-state index in [4.69, 9.17) is 0 Å². The minimum atomic E-state index is -1.34. The van der Waals surface area contributed by atoms with Crippen LogP contribution in [0.3, 0.4) is 0 Å². The van der Waals surface area contributed by atoms with Crippen LogP contribution in [0.25, 0.3) is 0 Å². The molecule has 29 heavy (non-hydrogen) atoms. The summed E-state index contributed by atoms with van der Waals surface area (Å²) in [6, 6.07) is 4.50. The number of carboxylic acids is 1. The van der Waals surface area contributed by atoms with E-state index in [0.29, 0.717) is 0 Å². The van der Waals surface area contributed by atoms with E-state index in [-0.39, 0.29) is 11.3 Å². The highest BCUT2D eigenvalue weighted by Gasteiger charge is 2.03. The highest BCUT2D eigenvalue weighted by Crippen LogP contribution is 2.13. The lowest BCUT2D eigenvalue weighted by molar-refractivity contribution is -0.384. The van der Waals surface area contributed by atoms with Crippen molar-refractivity contribution in [2.75, 3.05) is 6.54 Å². The Hall–Kier alpha value is -1.95. The first kappa shape index (κ1) is 27.0. The highest BCUT2D eigenvalue weighted by atomic mass is 16.6. The van der Waals surface area contributed by atoms with E-state index in [1.165, 1.54) is 77.0 Å². The molecule has 0 saturated carbocycles. The fourth-order valence-corrected chi connectivity index (χ4v) is 3.04. The molecule has 0 atom stereocenters. The molecule has 0 radical (unpaired) electrons. The van der Waals surface area contributed by atoms with Crippen LogP contribution in [0, 0.1) is 16.0 Å². The Morgan fingerprint density at radius 1 is 0.862 bits per heavy atom. The molecule has 0 heterocycles. The van der Waals surface area contributed by atoms with Gasteiger partial charge >= 0.3 is 0 Å². The number of unbranched alkanes of at least 4 members (excludes halogenated alkanes) is 10. The maximum absolute atomic E-state index is 10.2. The second-order valence-corrected chi connectivity index (χ2v) is 8.02. The van der Waals surface area contributed by atoms with Gasteiger partial charge in [0.2, 0.25) is 0 Å². The minimum Gasteiger partial charge on any atom is -0.545 e. The van der Waals surface area contributed by atoms with Crippen LogP contribution in [0.5, 0.6) is 0 Å². The number of nitro benzene ring substituents is 1. The predicted octanol–water partition coefficient (Wildman–Crippen LogP) is 4.52. The Labute approximate surface area is 176 Å². The van der Waals surface area contributed by atoms with Crippen LogP contribution >= 0.6 is 0 Å². The molecular formula is C23H40N2O4. The van der Waals surface area contributed by atoms with Crippen molar-refractivity contribution in [3.8, 4) is 0 Å². The number of carboxylic acid groups (broad SMARTS) is 1. The van der Waals surface area contributed by atoms with Crippen molar-refractivity contribution >= 4 is 11.7 Å². The molecule has 0 spiro atoms. The fourth-order valence-electron chi connectivity index (χ4n) is 3.04. The third kappa shape index (κ3) is 16.7. The van der Waals surface area contributed by atoms with Crippen LogP contribution < -0.4 is 10.8 Å². The number of carbonyl (C=O) groups is 1. The summed E-state index contributed by atoms with van der Waals surface area (Å²) in [5.41, 5.74) is 3.67. The molecule has 0 amide bonds. The normalized spacial score (nSPS) is 10.5. The van der Waals surface area contributed by atoms with E-state index in [1.54, 1.807) is 0 Å². The summed E-state index contributed by atoms with van der Waals surface area (Å²) >= 11 is 0. The number of hydrogen-bond acceptors (Lipinski definition) is 4. The Kier molecular flexibility index (Phi) is 16.9. The lowest BCUT2D eigenvalue weighted by atomic mass is 10.0.